The number of carbonyl (C=O) groups is 1. The molecule has 1 unspecified atom stereocenters. The fraction of sp³-hybridized carbons (Fsp3) is 0.148. The molecule has 2 aromatic carbocycles. The van der Waals surface area contributed by atoms with Crippen molar-refractivity contribution in [1.82, 2.24) is 4.57 Å². The molecule has 5 rings (SSSR count). The molecule has 0 N–H and O–H groups in total. The maximum atomic E-state index is 13.7. The average Bonchev–Trinajstić information content (AvgIpc) is 3.48. The molecule has 1 aliphatic rings. The zero-order valence-corrected chi connectivity index (χ0v) is 22.6. The number of nitrogens with zero attached hydrogens (tertiary/aromatic N) is 3. The quantitative estimate of drug-likeness (QED) is 0.181. The number of allylic oxidation sites excluding steroid dienone is 1. The summed E-state index contributed by atoms with van der Waals surface area (Å²) in [5.74, 6) is 0.120. The summed E-state index contributed by atoms with van der Waals surface area (Å²) in [5.41, 5.74) is 1.40. The van der Waals surface area contributed by atoms with Crippen LogP contribution in [-0.4, -0.2) is 22.1 Å². The Kier molecular flexibility index (Phi) is 6.96. The third-order valence-corrected chi connectivity index (χ3v) is 7.43. The first kappa shape index (κ1) is 25.6. The molecule has 0 fully saturated rings. The monoisotopic (exact) mass is 593 g/mol. The number of esters is 1. The molecular weight excluding hydrogens is 574 g/mol. The van der Waals surface area contributed by atoms with E-state index in [1.165, 1.54) is 22.0 Å². The van der Waals surface area contributed by atoms with Gasteiger partial charge in [-0.3, -0.25) is 19.5 Å². The molecule has 0 bridgehead atoms. The number of hydrogen-bond acceptors (Lipinski definition) is 8. The van der Waals surface area contributed by atoms with Crippen LogP contribution in [0.4, 0.5) is 5.69 Å². The van der Waals surface area contributed by atoms with Gasteiger partial charge < -0.3 is 9.15 Å². The summed E-state index contributed by atoms with van der Waals surface area (Å²) < 4.78 is 13.6. The molecule has 0 saturated heterocycles. The number of rotatable bonds is 6. The molecule has 0 spiro atoms. The molecule has 38 heavy (non-hydrogen) atoms. The van der Waals surface area contributed by atoms with Gasteiger partial charge in [0, 0.05) is 16.6 Å². The highest BCUT2D eigenvalue weighted by Gasteiger charge is 2.33. The lowest BCUT2D eigenvalue weighted by Gasteiger charge is -2.24. The van der Waals surface area contributed by atoms with Crippen LogP contribution in [0.3, 0.4) is 0 Å². The van der Waals surface area contributed by atoms with Gasteiger partial charge in [-0.25, -0.2) is 9.79 Å². The van der Waals surface area contributed by atoms with Crippen LogP contribution in [-0.2, 0) is 9.53 Å². The Hall–Kier alpha value is -4.09. The molecule has 0 saturated carbocycles. The SMILES string of the molecule is CCOC(=O)C1=C(C)N=c2sc(=Cc3ccc(-c4ccc(Br)cc4[N+](=O)[O-])o3)c(=O)n2C1c1ccccc1. The maximum Gasteiger partial charge on any atom is 0.338 e. The van der Waals surface area contributed by atoms with Crippen molar-refractivity contribution in [2.75, 3.05) is 6.61 Å². The second-order valence-corrected chi connectivity index (χ2v) is 10.3. The van der Waals surface area contributed by atoms with E-state index in [2.05, 4.69) is 20.9 Å². The van der Waals surface area contributed by atoms with Crippen molar-refractivity contribution in [1.29, 1.82) is 0 Å². The molecule has 0 amide bonds. The van der Waals surface area contributed by atoms with Gasteiger partial charge in [-0.05, 0) is 43.7 Å². The second kappa shape index (κ2) is 10.3. The van der Waals surface area contributed by atoms with E-state index in [1.807, 2.05) is 30.3 Å². The van der Waals surface area contributed by atoms with Crippen LogP contribution in [0.2, 0.25) is 0 Å². The predicted molar refractivity (Wildman–Crippen MR) is 145 cm³/mol. The molecule has 2 aromatic heterocycles. The van der Waals surface area contributed by atoms with Crippen LogP contribution < -0.4 is 14.9 Å². The van der Waals surface area contributed by atoms with E-state index in [0.29, 0.717) is 42.2 Å². The number of hydrogen-bond donors (Lipinski definition) is 0. The zero-order valence-electron chi connectivity index (χ0n) is 20.2. The van der Waals surface area contributed by atoms with Crippen molar-refractivity contribution in [3.05, 3.63) is 118 Å². The average molecular weight is 594 g/mol. The number of aromatic nitrogens is 1. The third kappa shape index (κ3) is 4.66. The lowest BCUT2D eigenvalue weighted by molar-refractivity contribution is -0.384. The van der Waals surface area contributed by atoms with E-state index in [9.17, 15) is 19.7 Å². The number of furan rings is 1. The Morgan fingerprint density at radius 3 is 2.71 bits per heavy atom. The summed E-state index contributed by atoms with van der Waals surface area (Å²) in [7, 11) is 0. The standard InChI is InChI=1S/C27H20BrN3O6S/c1-3-36-26(33)23-15(2)29-27-30(24(23)16-7-5-4-6-8-16)25(32)22(38-27)14-18-10-12-21(37-18)19-11-9-17(28)13-20(19)31(34)35/h4-14,24H,3H2,1-2H3. The van der Waals surface area contributed by atoms with Crippen LogP contribution >= 0.6 is 27.3 Å². The van der Waals surface area contributed by atoms with Gasteiger partial charge in [-0.15, -0.1) is 0 Å². The minimum absolute atomic E-state index is 0.107. The van der Waals surface area contributed by atoms with Crippen LogP contribution in [0.1, 0.15) is 31.2 Å². The largest absolute Gasteiger partial charge is 0.463 e. The Morgan fingerprint density at radius 1 is 1.24 bits per heavy atom. The Balaban J connectivity index is 1.63. The van der Waals surface area contributed by atoms with Crippen molar-refractivity contribution < 1.29 is 18.9 Å². The molecule has 1 atom stereocenters. The highest BCUT2D eigenvalue weighted by Crippen LogP contribution is 2.34. The van der Waals surface area contributed by atoms with Gasteiger partial charge in [0.1, 0.15) is 11.5 Å². The van der Waals surface area contributed by atoms with Crippen molar-refractivity contribution in [3.63, 3.8) is 0 Å². The molecule has 0 aliphatic carbocycles. The molecular formula is C27H20BrN3O6S. The minimum atomic E-state index is -0.703. The third-order valence-electron chi connectivity index (χ3n) is 5.95. The number of carbonyl (C=O) groups excluding carboxylic acids is 1. The fourth-order valence-electron chi connectivity index (χ4n) is 4.31. The summed E-state index contributed by atoms with van der Waals surface area (Å²) in [6.07, 6.45) is 1.57. The first-order valence-corrected chi connectivity index (χ1v) is 13.2. The minimum Gasteiger partial charge on any atom is -0.463 e. The molecule has 1 aliphatic heterocycles. The van der Waals surface area contributed by atoms with Crippen LogP contribution in [0, 0.1) is 10.1 Å². The number of ether oxygens (including phenoxy) is 1. The van der Waals surface area contributed by atoms with Gasteiger partial charge in [0.25, 0.3) is 11.2 Å². The second-order valence-electron chi connectivity index (χ2n) is 8.33. The number of thiazole rings is 1. The van der Waals surface area contributed by atoms with Crippen molar-refractivity contribution in [3.8, 4) is 11.3 Å². The number of nitro benzene ring substituents is 1. The van der Waals surface area contributed by atoms with Crippen molar-refractivity contribution in [2.45, 2.75) is 19.9 Å². The first-order valence-electron chi connectivity index (χ1n) is 11.6. The zero-order chi connectivity index (χ0) is 27.0. The van der Waals surface area contributed by atoms with Crippen molar-refractivity contribution in [2.24, 2.45) is 4.99 Å². The molecule has 3 heterocycles. The van der Waals surface area contributed by atoms with Gasteiger partial charge in [0.2, 0.25) is 0 Å². The number of benzene rings is 2. The Morgan fingerprint density at radius 2 is 2.00 bits per heavy atom. The van der Waals surface area contributed by atoms with E-state index in [-0.39, 0.29) is 17.9 Å². The summed E-state index contributed by atoms with van der Waals surface area (Å²) in [4.78, 5) is 42.6. The summed E-state index contributed by atoms with van der Waals surface area (Å²) >= 11 is 4.42. The van der Waals surface area contributed by atoms with Crippen LogP contribution in [0.25, 0.3) is 17.4 Å². The Bertz CT molecular complexity index is 1780. The van der Waals surface area contributed by atoms with Gasteiger partial charge in [0.15, 0.2) is 4.80 Å². The highest BCUT2D eigenvalue weighted by molar-refractivity contribution is 9.10. The number of nitro groups is 1. The predicted octanol–water partition coefficient (Wildman–Crippen LogP) is 4.73. The lowest BCUT2D eigenvalue weighted by Crippen LogP contribution is -2.39. The topological polar surface area (TPSA) is 117 Å². The maximum absolute atomic E-state index is 13.7. The van der Waals surface area contributed by atoms with E-state index < -0.39 is 16.9 Å². The summed E-state index contributed by atoms with van der Waals surface area (Å²) in [6, 6.07) is 16.5. The number of halogens is 1. The van der Waals surface area contributed by atoms with E-state index in [4.69, 9.17) is 9.15 Å². The van der Waals surface area contributed by atoms with E-state index in [1.54, 1.807) is 44.2 Å². The van der Waals surface area contributed by atoms with Gasteiger partial charge in [-0.1, -0.05) is 57.6 Å². The number of fused-ring (bicyclic) bond motifs is 1. The van der Waals surface area contributed by atoms with E-state index in [0.717, 1.165) is 5.56 Å². The molecule has 4 aromatic rings. The van der Waals surface area contributed by atoms with Crippen LogP contribution in [0.15, 0.2) is 90.6 Å². The summed E-state index contributed by atoms with van der Waals surface area (Å²) in [5, 5.41) is 11.5. The molecule has 192 valence electrons. The molecule has 11 heteroatoms. The van der Waals surface area contributed by atoms with Gasteiger partial charge in [-0.2, -0.15) is 0 Å². The van der Waals surface area contributed by atoms with Crippen LogP contribution in [0.5, 0.6) is 0 Å². The summed E-state index contributed by atoms with van der Waals surface area (Å²) in [6.45, 7) is 3.64. The fourth-order valence-corrected chi connectivity index (χ4v) is 5.69. The van der Waals surface area contributed by atoms with Gasteiger partial charge in [0.05, 0.1) is 38.9 Å². The lowest BCUT2D eigenvalue weighted by atomic mass is 9.96. The first-order chi connectivity index (χ1) is 18.3. The van der Waals surface area contributed by atoms with E-state index >= 15 is 0 Å². The van der Waals surface area contributed by atoms with Crippen molar-refractivity contribution >= 4 is 45.0 Å². The normalized spacial score (nSPS) is 15.2. The molecule has 9 nitrogen and oxygen atoms in total. The van der Waals surface area contributed by atoms with Gasteiger partial charge >= 0.3 is 5.97 Å². The Labute approximate surface area is 228 Å². The highest BCUT2D eigenvalue weighted by atomic mass is 79.9. The smallest absolute Gasteiger partial charge is 0.338 e. The molecule has 0 radical (unpaired) electrons.